The summed E-state index contributed by atoms with van der Waals surface area (Å²) in [6, 6.07) is 22.8. The van der Waals surface area contributed by atoms with E-state index in [0.29, 0.717) is 113 Å². The smallest absolute Gasteiger partial charge is 0.199 e. The molecule has 0 aliphatic carbocycles. The standard InChI is InChI=1S/C44H18N24/c1-5-13-65-17(9-1)45-37-41(65)53-25-21(49-37)29-57-33(25)62-30-22-27(55-43-38(50-22)46-18-10-3-7-15-67(18)43)35(58-30)64-32-24-28(56-44-40(52-24)48-20-12-4-8-16-68(20)44)36(60-32)63-31-23-26(34(59-31)61-29)54-42-39(51-23)47-19-11-2-6-14-66(19)42/h1-16H,(H2,57,58,59,60,61,62,63,64). The molecule has 17 heterocycles. The highest BCUT2D eigenvalue weighted by atomic mass is 15.2. The average molecular weight is 883 g/mol. The van der Waals surface area contributed by atoms with Gasteiger partial charge in [-0.15, -0.1) is 0 Å². The molecule has 314 valence electrons. The van der Waals surface area contributed by atoms with Crippen molar-refractivity contribution in [3.63, 3.8) is 0 Å². The van der Waals surface area contributed by atoms with Gasteiger partial charge in [-0.1, -0.05) is 24.3 Å². The van der Waals surface area contributed by atoms with Crippen LogP contribution in [0.4, 0.5) is 0 Å². The average Bonchev–Trinajstić information content (AvgIpc) is 4.26. The van der Waals surface area contributed by atoms with E-state index in [-0.39, 0.29) is 45.9 Å². The van der Waals surface area contributed by atoms with Crippen LogP contribution in [0.5, 0.6) is 0 Å². The van der Waals surface area contributed by atoms with Crippen LogP contribution >= 0.6 is 0 Å². The SMILES string of the molecule is c1ccn2c(c1)nc1nc3c(nc12)-c1nc-3nc2[nH]c(nc3nc(nc4[nH]c(n1)c1nc5nc6ccccn6c5nc41)-c1nc4nc5ccccn5c4nc1-3)c1nc3nc4ccccn4c3nc21. The first-order chi connectivity index (χ1) is 33.6. The molecule has 0 saturated carbocycles. The summed E-state index contributed by atoms with van der Waals surface area (Å²) in [6.07, 6.45) is 7.50. The fourth-order valence-corrected chi connectivity index (χ4v) is 9.08. The number of hydrogen-bond donors (Lipinski definition) is 2. The van der Waals surface area contributed by atoms with Crippen LogP contribution in [0.3, 0.4) is 0 Å². The summed E-state index contributed by atoms with van der Waals surface area (Å²) in [5.41, 5.74) is 10.2. The summed E-state index contributed by atoms with van der Waals surface area (Å²) in [5.74, 6) is 0.740. The maximum atomic E-state index is 5.13. The van der Waals surface area contributed by atoms with E-state index < -0.39 is 0 Å². The van der Waals surface area contributed by atoms with E-state index in [4.69, 9.17) is 89.7 Å². The zero-order chi connectivity index (χ0) is 43.9. The Morgan fingerprint density at radius 2 is 0.559 bits per heavy atom. The molecule has 24 nitrogen and oxygen atoms in total. The molecule has 2 aliphatic heterocycles. The van der Waals surface area contributed by atoms with Gasteiger partial charge in [-0.05, 0) is 48.5 Å². The van der Waals surface area contributed by atoms with E-state index in [0.717, 1.165) is 0 Å². The molecule has 15 aromatic rings. The Labute approximate surface area is 372 Å². The molecule has 0 radical (unpaired) electrons. The number of nitrogens with one attached hydrogen (secondary N) is 2. The first-order valence-electron chi connectivity index (χ1n) is 21.0. The molecule has 68 heavy (non-hydrogen) atoms. The van der Waals surface area contributed by atoms with E-state index in [2.05, 4.69) is 9.97 Å². The van der Waals surface area contributed by atoms with Gasteiger partial charge in [0.15, 0.2) is 91.1 Å². The van der Waals surface area contributed by atoms with E-state index in [1.807, 2.05) is 115 Å². The third-order valence-corrected chi connectivity index (χ3v) is 12.1. The summed E-state index contributed by atoms with van der Waals surface area (Å²) < 4.78 is 7.43. The summed E-state index contributed by atoms with van der Waals surface area (Å²) in [6.45, 7) is 0. The van der Waals surface area contributed by atoms with Crippen LogP contribution in [-0.2, 0) is 0 Å². The van der Waals surface area contributed by atoms with Gasteiger partial charge in [0.05, 0.1) is 0 Å². The van der Waals surface area contributed by atoms with Crippen LogP contribution in [0.15, 0.2) is 97.6 Å². The molecule has 0 spiro atoms. The highest BCUT2D eigenvalue weighted by molar-refractivity contribution is 6.04. The van der Waals surface area contributed by atoms with Gasteiger partial charge in [0, 0.05) is 24.8 Å². The Balaban J connectivity index is 1.06. The first kappa shape index (κ1) is 34.0. The van der Waals surface area contributed by atoms with Crippen molar-refractivity contribution in [1.82, 2.24) is 117 Å². The van der Waals surface area contributed by atoms with Crippen molar-refractivity contribution >= 4 is 112 Å². The van der Waals surface area contributed by atoms with E-state index >= 15 is 0 Å². The van der Waals surface area contributed by atoms with Gasteiger partial charge < -0.3 is 9.97 Å². The lowest BCUT2D eigenvalue weighted by Gasteiger charge is -1.98. The Bertz CT molecular complexity index is 4700. The predicted octanol–water partition coefficient (Wildman–Crippen LogP) is 5.23. The van der Waals surface area contributed by atoms with Crippen molar-refractivity contribution in [3.05, 3.63) is 97.6 Å². The zero-order valence-corrected chi connectivity index (χ0v) is 34.1. The Hall–Kier alpha value is -10.5. The maximum Gasteiger partial charge on any atom is 0.199 e. The number of pyridine rings is 4. The third-order valence-electron chi connectivity index (χ3n) is 12.1. The Kier molecular flexibility index (Phi) is 5.88. The van der Waals surface area contributed by atoms with Gasteiger partial charge >= 0.3 is 0 Å². The highest BCUT2D eigenvalue weighted by Gasteiger charge is 2.29. The highest BCUT2D eigenvalue weighted by Crippen LogP contribution is 2.36. The molecule has 0 aromatic carbocycles. The second-order valence-corrected chi connectivity index (χ2v) is 16.0. The van der Waals surface area contributed by atoms with Crippen LogP contribution in [0.25, 0.3) is 158 Å². The van der Waals surface area contributed by atoms with E-state index in [9.17, 15) is 0 Å². The maximum absolute atomic E-state index is 5.13. The molecule has 17 rings (SSSR count). The molecule has 2 aliphatic rings. The summed E-state index contributed by atoms with van der Waals surface area (Å²) in [4.78, 5) is 97.0. The number of aromatic amines is 2. The van der Waals surface area contributed by atoms with Crippen molar-refractivity contribution < 1.29 is 0 Å². The molecular weight excluding hydrogens is 865 g/mol. The van der Waals surface area contributed by atoms with Crippen molar-refractivity contribution in [2.45, 2.75) is 0 Å². The summed E-state index contributed by atoms with van der Waals surface area (Å²) in [5, 5.41) is 0. The topological polar surface area (TPSA) is 281 Å². The molecule has 0 atom stereocenters. The zero-order valence-electron chi connectivity index (χ0n) is 34.1. The van der Waals surface area contributed by atoms with Crippen molar-refractivity contribution in [2.24, 2.45) is 0 Å². The van der Waals surface area contributed by atoms with E-state index in [1.165, 1.54) is 0 Å². The molecule has 0 amide bonds. The third kappa shape index (κ3) is 4.40. The quantitative estimate of drug-likeness (QED) is 0.197. The van der Waals surface area contributed by atoms with Crippen LogP contribution in [0.1, 0.15) is 0 Å². The molecule has 0 unspecified atom stereocenters. The van der Waals surface area contributed by atoms with Crippen LogP contribution < -0.4 is 0 Å². The van der Waals surface area contributed by atoms with Gasteiger partial charge in [-0.3, -0.25) is 17.6 Å². The molecule has 0 saturated heterocycles. The first-order valence-corrected chi connectivity index (χ1v) is 21.0. The summed E-state index contributed by atoms with van der Waals surface area (Å²) in [7, 11) is 0. The van der Waals surface area contributed by atoms with Gasteiger partial charge in [0.1, 0.15) is 67.4 Å². The number of fused-ring (bicyclic) bond motifs is 32. The van der Waals surface area contributed by atoms with Crippen molar-refractivity contribution in [3.8, 4) is 46.1 Å². The van der Waals surface area contributed by atoms with Crippen LogP contribution in [0, 0.1) is 0 Å². The van der Waals surface area contributed by atoms with Gasteiger partial charge in [-0.2, -0.15) is 0 Å². The van der Waals surface area contributed by atoms with Crippen molar-refractivity contribution in [2.75, 3.05) is 0 Å². The molecular formula is C44H18N24. The molecule has 15 aromatic heterocycles. The number of rotatable bonds is 0. The Morgan fingerprint density at radius 3 is 0.912 bits per heavy atom. The van der Waals surface area contributed by atoms with Gasteiger partial charge in [-0.25, -0.2) is 89.7 Å². The minimum atomic E-state index is 0.182. The second-order valence-electron chi connectivity index (χ2n) is 16.0. The largest absolute Gasteiger partial charge is 0.321 e. The van der Waals surface area contributed by atoms with E-state index in [1.54, 1.807) is 0 Å². The minimum absolute atomic E-state index is 0.182. The molecule has 24 heteroatoms. The predicted molar refractivity (Wildman–Crippen MR) is 243 cm³/mol. The lowest BCUT2D eigenvalue weighted by Crippen LogP contribution is -1.94. The van der Waals surface area contributed by atoms with Crippen LogP contribution in [0.2, 0.25) is 0 Å². The van der Waals surface area contributed by atoms with Crippen molar-refractivity contribution in [1.29, 1.82) is 0 Å². The fraction of sp³-hybridized carbons (Fsp3) is 0. The number of H-pyrrole nitrogens is 2. The van der Waals surface area contributed by atoms with Crippen LogP contribution in [-0.4, -0.2) is 117 Å². The second kappa shape index (κ2) is 11.8. The molecule has 0 fully saturated rings. The van der Waals surface area contributed by atoms with Gasteiger partial charge in [0.2, 0.25) is 0 Å². The lowest BCUT2D eigenvalue weighted by atomic mass is 10.3. The number of imidazole rings is 4. The molecule has 8 bridgehead atoms. The van der Waals surface area contributed by atoms with Gasteiger partial charge in [0.25, 0.3) is 0 Å². The monoisotopic (exact) mass is 882 g/mol. The normalized spacial score (nSPS) is 12.7. The lowest BCUT2D eigenvalue weighted by molar-refractivity contribution is 1.16. The number of nitrogens with zero attached hydrogens (tertiary/aromatic N) is 22. The number of aromatic nitrogens is 24. The molecule has 2 N–H and O–H groups in total. The minimum Gasteiger partial charge on any atom is -0.321 e. The Morgan fingerprint density at radius 1 is 0.265 bits per heavy atom. The number of hydrogen-bond acceptors (Lipinski definition) is 18. The fourth-order valence-electron chi connectivity index (χ4n) is 9.08. The summed E-state index contributed by atoms with van der Waals surface area (Å²) >= 11 is 0.